The zero-order valence-corrected chi connectivity index (χ0v) is 11.4. The number of ether oxygens (including phenoxy) is 2. The molecule has 0 aliphatic rings. The molecular formula is C13H13F3O6. The average molecular weight is 322 g/mol. The summed E-state index contributed by atoms with van der Waals surface area (Å²) in [7, 11) is 1.18. The maximum absolute atomic E-state index is 12.3. The Labute approximate surface area is 123 Å². The first kappa shape index (κ1) is 17.8. The molecule has 0 aliphatic heterocycles. The van der Waals surface area contributed by atoms with Crippen LogP contribution in [0.4, 0.5) is 13.2 Å². The van der Waals surface area contributed by atoms with Crippen molar-refractivity contribution in [1.82, 2.24) is 0 Å². The van der Waals surface area contributed by atoms with Crippen molar-refractivity contribution in [2.45, 2.75) is 25.3 Å². The van der Waals surface area contributed by atoms with Gasteiger partial charge in [-0.3, -0.25) is 4.79 Å². The molecule has 0 radical (unpaired) electrons. The van der Waals surface area contributed by atoms with Crippen molar-refractivity contribution in [2.24, 2.45) is 0 Å². The van der Waals surface area contributed by atoms with E-state index in [0.29, 0.717) is 5.56 Å². The second-order valence-electron chi connectivity index (χ2n) is 4.24. The Morgan fingerprint density at radius 3 is 2.45 bits per heavy atom. The minimum atomic E-state index is -5.03. The van der Waals surface area contributed by atoms with E-state index in [9.17, 15) is 27.9 Å². The number of carbonyl (C=O) groups excluding carboxylic acids is 1. The van der Waals surface area contributed by atoms with Crippen molar-refractivity contribution >= 4 is 11.9 Å². The average Bonchev–Trinajstić information content (AvgIpc) is 2.43. The molecular weight excluding hydrogens is 309 g/mol. The van der Waals surface area contributed by atoms with Gasteiger partial charge in [-0.1, -0.05) is 6.07 Å². The molecule has 0 fully saturated rings. The summed E-state index contributed by atoms with van der Waals surface area (Å²) in [6.45, 7) is 0. The number of aryl methyl sites for hydroxylation is 1. The van der Waals surface area contributed by atoms with Crippen molar-refractivity contribution in [3.63, 3.8) is 0 Å². The van der Waals surface area contributed by atoms with Gasteiger partial charge in [0.1, 0.15) is 5.75 Å². The molecule has 2 N–H and O–H groups in total. The van der Waals surface area contributed by atoms with Crippen LogP contribution in [0.1, 0.15) is 23.7 Å². The Kier molecular flexibility index (Phi) is 5.75. The van der Waals surface area contributed by atoms with Gasteiger partial charge >= 0.3 is 18.3 Å². The maximum Gasteiger partial charge on any atom is 0.573 e. The normalized spacial score (nSPS) is 12.6. The number of aliphatic carboxylic acids is 1. The van der Waals surface area contributed by atoms with Crippen LogP contribution in [-0.4, -0.2) is 35.6 Å². The molecule has 1 aromatic carbocycles. The van der Waals surface area contributed by atoms with Gasteiger partial charge in [-0.15, -0.1) is 13.2 Å². The summed E-state index contributed by atoms with van der Waals surface area (Å²) in [6, 6.07) is 3.17. The molecule has 0 aliphatic carbocycles. The molecule has 122 valence electrons. The highest BCUT2D eigenvalue weighted by Gasteiger charge is 2.34. The standard InChI is InChI=1S/C13H13F3O6/c1-21-10(17)5-3-7-2-4-9(22-13(14,15)16)8(6-7)11(18)12(19)20/h2,4,6,11,18H,3,5H2,1H3,(H,19,20). The lowest BCUT2D eigenvalue weighted by atomic mass is 10.0. The van der Waals surface area contributed by atoms with Gasteiger partial charge in [0.2, 0.25) is 0 Å². The van der Waals surface area contributed by atoms with Crippen molar-refractivity contribution in [3.8, 4) is 5.75 Å². The molecule has 0 heterocycles. The zero-order chi connectivity index (χ0) is 16.9. The van der Waals surface area contributed by atoms with E-state index in [2.05, 4.69) is 9.47 Å². The summed E-state index contributed by atoms with van der Waals surface area (Å²) in [5, 5.41) is 18.2. The van der Waals surface area contributed by atoms with Crippen molar-refractivity contribution < 1.29 is 42.4 Å². The number of aliphatic hydroxyl groups excluding tert-OH is 1. The summed E-state index contributed by atoms with van der Waals surface area (Å²) in [5.41, 5.74) is -0.192. The molecule has 1 unspecified atom stereocenters. The molecule has 1 atom stereocenters. The van der Waals surface area contributed by atoms with E-state index in [1.54, 1.807) is 0 Å². The predicted octanol–water partition coefficient (Wildman–Crippen LogP) is 1.81. The highest BCUT2D eigenvalue weighted by atomic mass is 19.4. The van der Waals surface area contributed by atoms with Gasteiger partial charge in [0.15, 0.2) is 6.10 Å². The first-order valence-corrected chi connectivity index (χ1v) is 6.00. The van der Waals surface area contributed by atoms with E-state index in [1.165, 1.54) is 13.2 Å². The van der Waals surface area contributed by atoms with Crippen LogP contribution in [0.2, 0.25) is 0 Å². The number of esters is 1. The summed E-state index contributed by atoms with van der Waals surface area (Å²) in [5.74, 6) is -3.07. The molecule has 22 heavy (non-hydrogen) atoms. The number of halogens is 3. The number of hydrogen-bond acceptors (Lipinski definition) is 5. The minimum absolute atomic E-state index is 0.0431. The first-order valence-electron chi connectivity index (χ1n) is 6.00. The molecule has 0 spiro atoms. The van der Waals surface area contributed by atoms with Gasteiger partial charge in [-0.2, -0.15) is 0 Å². The van der Waals surface area contributed by atoms with Crippen molar-refractivity contribution in [2.75, 3.05) is 7.11 Å². The zero-order valence-electron chi connectivity index (χ0n) is 11.4. The number of benzene rings is 1. The lowest BCUT2D eigenvalue weighted by Gasteiger charge is -2.16. The lowest BCUT2D eigenvalue weighted by molar-refractivity contribution is -0.275. The van der Waals surface area contributed by atoms with Crippen LogP contribution in [0.3, 0.4) is 0 Å². The third kappa shape index (κ3) is 5.24. The van der Waals surface area contributed by atoms with Crippen LogP contribution >= 0.6 is 0 Å². The van der Waals surface area contributed by atoms with Gasteiger partial charge < -0.3 is 19.7 Å². The molecule has 0 amide bonds. The van der Waals surface area contributed by atoms with E-state index in [4.69, 9.17) is 5.11 Å². The number of carboxylic acids is 1. The predicted molar refractivity (Wildman–Crippen MR) is 66.1 cm³/mol. The van der Waals surface area contributed by atoms with Crippen LogP contribution in [0, 0.1) is 0 Å². The second-order valence-corrected chi connectivity index (χ2v) is 4.24. The Morgan fingerprint density at radius 2 is 1.95 bits per heavy atom. The highest BCUT2D eigenvalue weighted by Crippen LogP contribution is 2.31. The van der Waals surface area contributed by atoms with E-state index >= 15 is 0 Å². The van der Waals surface area contributed by atoms with E-state index in [0.717, 1.165) is 12.1 Å². The van der Waals surface area contributed by atoms with Crippen molar-refractivity contribution in [1.29, 1.82) is 0 Å². The lowest BCUT2D eigenvalue weighted by Crippen LogP contribution is -2.20. The van der Waals surface area contributed by atoms with Crippen LogP contribution in [0.25, 0.3) is 0 Å². The van der Waals surface area contributed by atoms with Gasteiger partial charge in [-0.25, -0.2) is 4.79 Å². The Bertz CT molecular complexity index is 555. The SMILES string of the molecule is COC(=O)CCc1ccc(OC(F)(F)F)c(C(O)C(=O)O)c1. The number of carbonyl (C=O) groups is 2. The fourth-order valence-electron chi connectivity index (χ4n) is 1.67. The largest absolute Gasteiger partial charge is 0.573 e. The Balaban J connectivity index is 3.08. The smallest absolute Gasteiger partial charge is 0.479 e. The maximum atomic E-state index is 12.3. The number of rotatable bonds is 6. The fraction of sp³-hybridized carbons (Fsp3) is 0.385. The Hall–Kier alpha value is -2.29. The van der Waals surface area contributed by atoms with Crippen LogP contribution < -0.4 is 4.74 Å². The molecule has 1 aromatic rings. The molecule has 0 saturated heterocycles. The van der Waals surface area contributed by atoms with Crippen molar-refractivity contribution in [3.05, 3.63) is 29.3 Å². The molecule has 0 aromatic heterocycles. The molecule has 6 nitrogen and oxygen atoms in total. The van der Waals surface area contributed by atoms with E-state index in [1.807, 2.05) is 0 Å². The summed E-state index contributed by atoms with van der Waals surface area (Å²) < 4.78 is 44.9. The Morgan fingerprint density at radius 1 is 1.32 bits per heavy atom. The fourth-order valence-corrected chi connectivity index (χ4v) is 1.67. The first-order chi connectivity index (χ1) is 10.1. The number of aliphatic hydroxyl groups is 1. The highest BCUT2D eigenvalue weighted by molar-refractivity contribution is 5.75. The third-order valence-electron chi connectivity index (χ3n) is 2.67. The quantitative estimate of drug-likeness (QED) is 0.776. The van der Waals surface area contributed by atoms with Gasteiger partial charge in [-0.05, 0) is 24.1 Å². The summed E-state index contributed by atoms with van der Waals surface area (Å²) in [6.07, 6.45) is -7.15. The van der Waals surface area contributed by atoms with Gasteiger partial charge in [0.05, 0.1) is 7.11 Å². The number of methoxy groups -OCH3 is 1. The topological polar surface area (TPSA) is 93.1 Å². The van der Waals surface area contributed by atoms with Crippen LogP contribution in [0.5, 0.6) is 5.75 Å². The van der Waals surface area contributed by atoms with E-state index < -0.39 is 35.7 Å². The molecule has 9 heteroatoms. The number of hydrogen-bond donors (Lipinski definition) is 2. The number of alkyl halides is 3. The molecule has 0 bridgehead atoms. The minimum Gasteiger partial charge on any atom is -0.479 e. The molecule has 1 rings (SSSR count). The van der Waals surface area contributed by atoms with E-state index in [-0.39, 0.29) is 12.8 Å². The number of carboxylic acid groups (broad SMARTS) is 1. The summed E-state index contributed by atoms with van der Waals surface area (Å²) >= 11 is 0. The summed E-state index contributed by atoms with van der Waals surface area (Å²) in [4.78, 5) is 21.8. The monoisotopic (exact) mass is 322 g/mol. The van der Waals surface area contributed by atoms with Gasteiger partial charge in [0.25, 0.3) is 0 Å². The second kappa shape index (κ2) is 7.12. The molecule has 0 saturated carbocycles. The van der Waals surface area contributed by atoms with Crippen LogP contribution in [0.15, 0.2) is 18.2 Å². The van der Waals surface area contributed by atoms with Crippen LogP contribution in [-0.2, 0) is 20.7 Å². The third-order valence-corrected chi connectivity index (χ3v) is 2.67. The van der Waals surface area contributed by atoms with Gasteiger partial charge in [0, 0.05) is 12.0 Å².